The number of benzene rings is 1. The van der Waals surface area contributed by atoms with Crippen molar-refractivity contribution in [2.75, 3.05) is 12.9 Å². The highest BCUT2D eigenvalue weighted by molar-refractivity contribution is 7.99. The largest absolute Gasteiger partial charge is 0.496 e. The number of rotatable bonds is 7. The summed E-state index contributed by atoms with van der Waals surface area (Å²) in [6, 6.07) is 7.14. The predicted octanol–water partition coefficient (Wildman–Crippen LogP) is 3.41. The highest BCUT2D eigenvalue weighted by Gasteiger charge is 2.15. The molecular formula is C16H15N3O3S2. The molecule has 0 aliphatic heterocycles. The SMILES string of the molecule is COc1ccccc1C(=O)CSc1nnc(Cc2csc(C)n2)o1. The van der Waals surface area contributed by atoms with Crippen molar-refractivity contribution in [1.82, 2.24) is 15.2 Å². The summed E-state index contributed by atoms with van der Waals surface area (Å²) in [6.45, 7) is 1.95. The van der Waals surface area contributed by atoms with Gasteiger partial charge in [0.1, 0.15) is 5.75 Å². The Balaban J connectivity index is 1.60. The third-order valence-corrected chi connectivity index (χ3v) is 4.82. The van der Waals surface area contributed by atoms with Crippen LogP contribution in [0.15, 0.2) is 39.3 Å². The monoisotopic (exact) mass is 361 g/mol. The van der Waals surface area contributed by atoms with Crippen LogP contribution in [0.4, 0.5) is 0 Å². The van der Waals surface area contributed by atoms with Crippen LogP contribution in [0.3, 0.4) is 0 Å². The van der Waals surface area contributed by atoms with E-state index >= 15 is 0 Å². The molecule has 0 saturated heterocycles. The zero-order valence-corrected chi connectivity index (χ0v) is 14.8. The molecule has 6 nitrogen and oxygen atoms in total. The molecule has 0 fully saturated rings. The number of nitrogens with zero attached hydrogens (tertiary/aromatic N) is 3. The van der Waals surface area contributed by atoms with Gasteiger partial charge in [-0.2, -0.15) is 0 Å². The van der Waals surface area contributed by atoms with E-state index in [1.54, 1.807) is 36.6 Å². The number of aromatic nitrogens is 3. The molecule has 0 saturated carbocycles. The average molecular weight is 361 g/mol. The first-order valence-electron chi connectivity index (χ1n) is 7.18. The van der Waals surface area contributed by atoms with Crippen LogP contribution >= 0.6 is 23.1 Å². The molecule has 24 heavy (non-hydrogen) atoms. The van der Waals surface area contributed by atoms with Gasteiger partial charge in [-0.15, -0.1) is 21.5 Å². The minimum atomic E-state index is -0.0488. The lowest BCUT2D eigenvalue weighted by Crippen LogP contribution is -2.04. The van der Waals surface area contributed by atoms with Crippen molar-refractivity contribution in [2.45, 2.75) is 18.6 Å². The van der Waals surface area contributed by atoms with Crippen molar-refractivity contribution in [3.05, 3.63) is 51.8 Å². The van der Waals surface area contributed by atoms with Crippen LogP contribution in [0, 0.1) is 6.92 Å². The summed E-state index contributed by atoms with van der Waals surface area (Å²) < 4.78 is 10.8. The maximum atomic E-state index is 12.3. The molecule has 0 unspecified atom stereocenters. The maximum absolute atomic E-state index is 12.3. The number of Topliss-reactive ketones (excluding diaryl/α,β-unsaturated/α-hetero) is 1. The summed E-state index contributed by atoms with van der Waals surface area (Å²) in [4.78, 5) is 16.7. The van der Waals surface area contributed by atoms with Gasteiger partial charge in [-0.25, -0.2) is 4.98 Å². The summed E-state index contributed by atoms with van der Waals surface area (Å²) in [6.07, 6.45) is 0.498. The lowest BCUT2D eigenvalue weighted by molar-refractivity contribution is 0.101. The number of para-hydroxylation sites is 1. The molecule has 1 aromatic carbocycles. The summed E-state index contributed by atoms with van der Waals surface area (Å²) >= 11 is 2.80. The topological polar surface area (TPSA) is 78.1 Å². The quantitative estimate of drug-likeness (QED) is 0.471. The van der Waals surface area contributed by atoms with Gasteiger partial charge in [0.2, 0.25) is 5.89 Å². The van der Waals surface area contributed by atoms with Crippen LogP contribution in [0.1, 0.15) is 27.0 Å². The first-order chi connectivity index (χ1) is 11.7. The Morgan fingerprint density at radius 2 is 2.17 bits per heavy atom. The van der Waals surface area contributed by atoms with E-state index in [1.807, 2.05) is 18.4 Å². The van der Waals surface area contributed by atoms with Gasteiger partial charge >= 0.3 is 0 Å². The smallest absolute Gasteiger partial charge is 0.277 e. The lowest BCUT2D eigenvalue weighted by atomic mass is 10.1. The number of hydrogen-bond donors (Lipinski definition) is 0. The van der Waals surface area contributed by atoms with Gasteiger partial charge in [0.05, 0.1) is 35.5 Å². The fourth-order valence-corrected chi connectivity index (χ4v) is 3.37. The Morgan fingerprint density at radius 3 is 2.92 bits per heavy atom. The molecule has 0 bridgehead atoms. The van der Waals surface area contributed by atoms with E-state index in [0.29, 0.717) is 28.8 Å². The highest BCUT2D eigenvalue weighted by atomic mass is 32.2. The van der Waals surface area contributed by atoms with Gasteiger partial charge in [0, 0.05) is 5.38 Å². The average Bonchev–Trinajstić information content (AvgIpc) is 3.21. The zero-order valence-electron chi connectivity index (χ0n) is 13.2. The standard InChI is InChI=1S/C16H15N3O3S2/c1-10-17-11(8-23-10)7-15-18-19-16(22-15)24-9-13(20)12-5-3-4-6-14(12)21-2/h3-6,8H,7,9H2,1-2H3. The predicted molar refractivity (Wildman–Crippen MR) is 92.0 cm³/mol. The first-order valence-corrected chi connectivity index (χ1v) is 9.04. The van der Waals surface area contributed by atoms with Crippen LogP contribution in [-0.4, -0.2) is 33.8 Å². The number of thiazole rings is 1. The van der Waals surface area contributed by atoms with Crippen LogP contribution in [-0.2, 0) is 6.42 Å². The second-order valence-electron chi connectivity index (χ2n) is 4.91. The Bertz CT molecular complexity index is 844. The molecule has 0 amide bonds. The van der Waals surface area contributed by atoms with E-state index in [2.05, 4.69) is 15.2 Å². The summed E-state index contributed by atoms with van der Waals surface area (Å²) in [7, 11) is 1.55. The Kier molecular flexibility index (Phi) is 5.27. The van der Waals surface area contributed by atoms with Gasteiger partial charge in [-0.1, -0.05) is 23.9 Å². The van der Waals surface area contributed by atoms with Gasteiger partial charge < -0.3 is 9.15 Å². The molecule has 8 heteroatoms. The van der Waals surface area contributed by atoms with Crippen molar-refractivity contribution in [2.24, 2.45) is 0 Å². The number of aryl methyl sites for hydroxylation is 1. The molecule has 3 rings (SSSR count). The van der Waals surface area contributed by atoms with E-state index in [4.69, 9.17) is 9.15 Å². The van der Waals surface area contributed by atoms with Crippen LogP contribution in [0.5, 0.6) is 5.75 Å². The Morgan fingerprint density at radius 1 is 1.33 bits per heavy atom. The van der Waals surface area contributed by atoms with Crippen LogP contribution in [0.25, 0.3) is 0 Å². The van der Waals surface area contributed by atoms with Gasteiger partial charge in [-0.3, -0.25) is 4.79 Å². The minimum Gasteiger partial charge on any atom is -0.496 e. The molecule has 124 valence electrons. The number of methoxy groups -OCH3 is 1. The molecule has 3 aromatic rings. The number of ketones is 1. The number of carbonyl (C=O) groups is 1. The number of thioether (sulfide) groups is 1. The fourth-order valence-electron chi connectivity index (χ4n) is 2.09. The third kappa shape index (κ3) is 4.01. The second-order valence-corrected chi connectivity index (χ2v) is 6.90. The number of hydrogen-bond acceptors (Lipinski definition) is 8. The Labute approximate surface area is 147 Å². The molecular weight excluding hydrogens is 346 g/mol. The zero-order chi connectivity index (χ0) is 16.9. The minimum absolute atomic E-state index is 0.0488. The van der Waals surface area contributed by atoms with Crippen molar-refractivity contribution < 1.29 is 13.9 Å². The Hall–Kier alpha value is -2.19. The van der Waals surface area contributed by atoms with Crippen molar-refractivity contribution in [3.8, 4) is 5.75 Å². The third-order valence-electron chi connectivity index (χ3n) is 3.18. The molecule has 0 spiro atoms. The second kappa shape index (κ2) is 7.59. The van der Waals surface area contributed by atoms with Gasteiger partial charge in [0.25, 0.3) is 5.22 Å². The van der Waals surface area contributed by atoms with Gasteiger partial charge in [-0.05, 0) is 19.1 Å². The number of carbonyl (C=O) groups excluding carboxylic acids is 1. The van der Waals surface area contributed by atoms with Gasteiger partial charge in [0.15, 0.2) is 5.78 Å². The van der Waals surface area contributed by atoms with Crippen LogP contribution in [0.2, 0.25) is 0 Å². The fraction of sp³-hybridized carbons (Fsp3) is 0.250. The molecule has 0 aliphatic carbocycles. The van der Waals surface area contributed by atoms with E-state index in [9.17, 15) is 4.79 Å². The van der Waals surface area contributed by atoms with E-state index in [1.165, 1.54) is 11.8 Å². The van der Waals surface area contributed by atoms with E-state index < -0.39 is 0 Å². The van der Waals surface area contributed by atoms with Crippen LogP contribution < -0.4 is 4.74 Å². The molecule has 0 N–H and O–H groups in total. The molecule has 0 aliphatic rings. The maximum Gasteiger partial charge on any atom is 0.277 e. The lowest BCUT2D eigenvalue weighted by Gasteiger charge is -2.05. The molecule has 2 aromatic heterocycles. The highest BCUT2D eigenvalue weighted by Crippen LogP contribution is 2.23. The van der Waals surface area contributed by atoms with E-state index in [0.717, 1.165) is 10.7 Å². The van der Waals surface area contributed by atoms with Crippen molar-refractivity contribution >= 4 is 28.9 Å². The summed E-state index contributed by atoms with van der Waals surface area (Å²) in [5, 5.41) is 11.3. The normalized spacial score (nSPS) is 10.8. The summed E-state index contributed by atoms with van der Waals surface area (Å²) in [5.74, 6) is 1.21. The molecule has 2 heterocycles. The number of ether oxygens (including phenoxy) is 1. The molecule has 0 atom stereocenters. The van der Waals surface area contributed by atoms with Crippen molar-refractivity contribution in [1.29, 1.82) is 0 Å². The first kappa shape index (κ1) is 16.7. The van der Waals surface area contributed by atoms with E-state index in [-0.39, 0.29) is 11.5 Å². The summed E-state index contributed by atoms with van der Waals surface area (Å²) in [5.41, 5.74) is 1.45. The molecule has 0 radical (unpaired) electrons. The van der Waals surface area contributed by atoms with Crippen molar-refractivity contribution in [3.63, 3.8) is 0 Å².